The van der Waals surface area contributed by atoms with Crippen molar-refractivity contribution in [3.8, 4) is 34.5 Å². The number of halogens is 18. The van der Waals surface area contributed by atoms with Crippen molar-refractivity contribution >= 4 is 37.7 Å². The minimum atomic E-state index is -5.22. The summed E-state index contributed by atoms with van der Waals surface area (Å²) in [5.74, 6) is -3.00. The van der Waals surface area contributed by atoms with Crippen LogP contribution in [-0.2, 0) is 37.1 Å². The Morgan fingerprint density at radius 2 is 0.446 bits per heavy atom. The van der Waals surface area contributed by atoms with Gasteiger partial charge in [-0.1, -0.05) is 6.92 Å². The number of fused-ring (bicyclic) bond motifs is 12. The summed E-state index contributed by atoms with van der Waals surface area (Å²) in [7, 11) is -5.54. The smallest absolute Gasteiger partial charge is 0.519 e. The quantitative estimate of drug-likeness (QED) is 0.130. The molecule has 0 N–H and O–H groups in total. The highest BCUT2D eigenvalue weighted by Crippen LogP contribution is 2.77. The third-order valence-electron chi connectivity index (χ3n) is 14.2. The average Bonchev–Trinajstić information content (AvgIpc) is 4.13. The first-order chi connectivity index (χ1) is 34.2. The zero-order valence-corrected chi connectivity index (χ0v) is 36.4. The van der Waals surface area contributed by atoms with Gasteiger partial charge in [0, 0.05) is 39.6 Å². The molecule has 3 aliphatic carbocycles. The van der Waals surface area contributed by atoms with Crippen LogP contribution < -0.4 is 44.3 Å². The maximum absolute atomic E-state index is 13.9. The minimum absolute atomic E-state index is 0.0767. The second kappa shape index (κ2) is 14.9. The van der Waals surface area contributed by atoms with Gasteiger partial charge in [-0.3, -0.25) is 0 Å². The van der Waals surface area contributed by atoms with Gasteiger partial charge >= 0.3 is 58.4 Å². The molecule has 3 heterocycles. The molecule has 3 aliphatic heterocycles. The van der Waals surface area contributed by atoms with Crippen molar-refractivity contribution in [2.75, 3.05) is 0 Å². The Bertz CT molecular complexity index is 2870. The Balaban J connectivity index is 0.981. The van der Waals surface area contributed by atoms with Crippen molar-refractivity contribution in [3.63, 3.8) is 0 Å². The predicted molar refractivity (Wildman–Crippen MR) is 222 cm³/mol. The van der Waals surface area contributed by atoms with Gasteiger partial charge in [-0.05, 0) is 124 Å². The SMILES string of the molecule is CC12C3c4cc5c(cc4C1c1cc4c(cc1C2c1cc2c(cc13)OB(c1cc(C(F)(F)F)cc(C(F)(F)F)c1)O2)OB(c1cc(C(F)(F)F)cc(C(F)(F)F)c1)O4)OB(c1cc(C(F)(F)F)cc(C(F)(F)F)c1)O5. The molecule has 0 spiro atoms. The number of rotatable bonds is 3. The number of benzene rings is 6. The second-order valence-electron chi connectivity index (χ2n) is 18.7. The zero-order chi connectivity index (χ0) is 52.9. The van der Waals surface area contributed by atoms with Crippen LogP contribution in [0.1, 0.15) is 91.4 Å². The summed E-state index contributed by atoms with van der Waals surface area (Å²) in [6.45, 7) is 1.86. The Morgan fingerprint density at radius 1 is 0.284 bits per heavy atom. The number of alkyl halides is 18. The molecular weight excluding hydrogens is 1030 g/mol. The van der Waals surface area contributed by atoms with Crippen molar-refractivity contribution in [1.82, 2.24) is 0 Å². The maximum atomic E-state index is 13.9. The van der Waals surface area contributed by atoms with Crippen LogP contribution in [0.5, 0.6) is 34.5 Å². The third-order valence-corrected chi connectivity index (χ3v) is 14.2. The van der Waals surface area contributed by atoms with Gasteiger partial charge in [0.15, 0.2) is 0 Å². The van der Waals surface area contributed by atoms with E-state index in [1.807, 2.05) is 6.92 Å². The molecule has 6 aliphatic rings. The van der Waals surface area contributed by atoms with Crippen LogP contribution >= 0.6 is 0 Å². The number of hydrogen-bond acceptors (Lipinski definition) is 6. The van der Waals surface area contributed by atoms with E-state index in [-0.39, 0.29) is 52.7 Å². The van der Waals surface area contributed by atoms with Crippen molar-refractivity contribution in [2.24, 2.45) is 5.41 Å². The van der Waals surface area contributed by atoms with Crippen LogP contribution in [0.4, 0.5) is 79.0 Å². The van der Waals surface area contributed by atoms with Crippen molar-refractivity contribution in [3.05, 3.63) is 158 Å². The first kappa shape index (κ1) is 48.0. The first-order valence-corrected chi connectivity index (χ1v) is 21.7. The standard InChI is InChI=1S/C47H21B3F18O6/c1-41-38-26-11-32-33(70-48(69-32)23-5-17(42(51,52)53)2-18(6-23)43(54,55)56)12-27(26)39(41)29-14-35-37(74-50(72-35)25-9-21(46(63,64)65)4-22(10-25)47(66,67)68)16-31(29)40(41)30-15-36-34(13-28(30)38)71-49(73-36)24-7-19(44(57,58)59)3-20(8-24)45(60,61)62/h2-16,38-40H,1H3. The van der Waals surface area contributed by atoms with Crippen LogP contribution in [-0.4, -0.2) is 21.4 Å². The Labute approximate surface area is 403 Å². The van der Waals surface area contributed by atoms with Gasteiger partial charge in [-0.15, -0.1) is 0 Å². The highest BCUT2D eigenvalue weighted by atomic mass is 19.4. The molecule has 27 heteroatoms. The van der Waals surface area contributed by atoms with Crippen LogP contribution in [0.15, 0.2) is 91.0 Å². The van der Waals surface area contributed by atoms with E-state index in [0.29, 0.717) is 69.8 Å². The van der Waals surface area contributed by atoms with E-state index in [1.54, 1.807) is 0 Å². The fraction of sp³-hybridized carbons (Fsp3) is 0.234. The van der Waals surface area contributed by atoms with E-state index in [0.717, 1.165) is 0 Å². The monoisotopic (exact) mass is 1060 g/mol. The highest BCUT2D eigenvalue weighted by Gasteiger charge is 2.66. The molecule has 0 atom stereocenters. The average molecular weight is 1060 g/mol. The predicted octanol–water partition coefficient (Wildman–Crippen LogP) is 12.0. The normalized spacial score (nSPS) is 21.1. The Morgan fingerprint density at radius 3 is 0.595 bits per heavy atom. The van der Waals surface area contributed by atoms with Crippen molar-refractivity contribution in [2.45, 2.75) is 61.7 Å². The lowest BCUT2D eigenvalue weighted by Gasteiger charge is -2.31. The van der Waals surface area contributed by atoms with Crippen LogP contribution in [0.3, 0.4) is 0 Å². The highest BCUT2D eigenvalue weighted by molar-refractivity contribution is 6.64. The molecule has 0 bridgehead atoms. The maximum Gasteiger partial charge on any atom is 0.632 e. The second-order valence-corrected chi connectivity index (χ2v) is 18.7. The molecule has 6 aromatic carbocycles. The Kier molecular flexibility index (Phi) is 9.66. The van der Waals surface area contributed by atoms with E-state index >= 15 is 0 Å². The zero-order valence-electron chi connectivity index (χ0n) is 36.4. The molecule has 0 fully saturated rings. The summed E-state index contributed by atoms with van der Waals surface area (Å²) >= 11 is 0. The third kappa shape index (κ3) is 7.31. The van der Waals surface area contributed by atoms with E-state index in [1.165, 1.54) is 36.4 Å². The van der Waals surface area contributed by atoms with E-state index < -0.39 is 131 Å². The topological polar surface area (TPSA) is 55.4 Å². The molecule has 0 saturated carbocycles. The molecule has 0 radical (unpaired) electrons. The summed E-state index contributed by atoms with van der Waals surface area (Å²) < 4.78 is 286. The van der Waals surface area contributed by atoms with E-state index in [9.17, 15) is 79.0 Å². The lowest BCUT2D eigenvalue weighted by molar-refractivity contribution is -0.144. The fourth-order valence-corrected chi connectivity index (χ4v) is 11.4. The molecule has 6 nitrogen and oxygen atoms in total. The van der Waals surface area contributed by atoms with Gasteiger partial charge < -0.3 is 27.9 Å². The molecular formula is C47H21B3F18O6. The summed E-state index contributed by atoms with van der Waals surface area (Å²) in [6, 6.07) is 11.1. The van der Waals surface area contributed by atoms with Gasteiger partial charge in [0.25, 0.3) is 0 Å². The van der Waals surface area contributed by atoms with E-state index in [2.05, 4.69) is 0 Å². The van der Waals surface area contributed by atoms with Crippen molar-refractivity contribution in [1.29, 1.82) is 0 Å². The summed E-state index contributed by atoms with van der Waals surface area (Å²) in [5, 5.41) is 0. The fourth-order valence-electron chi connectivity index (χ4n) is 11.4. The number of hydrogen-bond donors (Lipinski definition) is 0. The largest absolute Gasteiger partial charge is 0.632 e. The van der Waals surface area contributed by atoms with Crippen LogP contribution in [0.25, 0.3) is 0 Å². The molecule has 0 unspecified atom stereocenters. The molecule has 0 amide bonds. The van der Waals surface area contributed by atoms with Gasteiger partial charge in [0.2, 0.25) is 0 Å². The van der Waals surface area contributed by atoms with Crippen molar-refractivity contribution < 1.29 is 107 Å². The van der Waals surface area contributed by atoms with Gasteiger partial charge in [-0.2, -0.15) is 79.0 Å². The lowest BCUT2D eigenvalue weighted by atomic mass is 9.70. The van der Waals surface area contributed by atoms with Gasteiger partial charge in [0.05, 0.1) is 33.4 Å². The molecule has 0 aromatic heterocycles. The molecule has 74 heavy (non-hydrogen) atoms. The molecule has 12 rings (SSSR count). The minimum Gasteiger partial charge on any atom is -0.519 e. The molecule has 0 saturated heterocycles. The molecule has 6 aromatic rings. The lowest BCUT2D eigenvalue weighted by Crippen LogP contribution is -2.40. The first-order valence-electron chi connectivity index (χ1n) is 21.7. The summed E-state index contributed by atoms with van der Waals surface area (Å²) in [6.07, 6.45) is -31.3. The van der Waals surface area contributed by atoms with E-state index in [4.69, 9.17) is 27.9 Å². The van der Waals surface area contributed by atoms with Gasteiger partial charge in [-0.25, -0.2) is 0 Å². The summed E-state index contributed by atoms with van der Waals surface area (Å²) in [5.41, 5.74) is -10.1. The Hall–Kier alpha value is -6.95. The van der Waals surface area contributed by atoms with Crippen LogP contribution in [0.2, 0.25) is 0 Å². The molecule has 380 valence electrons. The summed E-state index contributed by atoms with van der Waals surface area (Å²) in [4.78, 5) is 0. The van der Waals surface area contributed by atoms with Crippen LogP contribution in [0, 0.1) is 5.41 Å². The van der Waals surface area contributed by atoms with Gasteiger partial charge in [0.1, 0.15) is 34.5 Å².